The molecule has 4 heteroatoms. The van der Waals surface area contributed by atoms with Gasteiger partial charge < -0.3 is 4.74 Å². The van der Waals surface area contributed by atoms with E-state index >= 15 is 0 Å². The first-order chi connectivity index (χ1) is 7.72. The number of methoxy groups -OCH3 is 1. The Labute approximate surface area is 99.8 Å². The number of aryl methyl sites for hydroxylation is 1. The van der Waals surface area contributed by atoms with E-state index in [1.807, 2.05) is 0 Å². The standard InChI is InChI=1S/C12H17NO2S/c1-3-8-4-5-9-10(6-8)16-11(13-9)7-12(14)15-2/h8H,3-7H2,1-2H3. The average Bonchev–Trinajstić information content (AvgIpc) is 2.69. The molecule has 0 amide bonds. The minimum Gasteiger partial charge on any atom is -0.469 e. The van der Waals surface area contributed by atoms with Gasteiger partial charge in [0, 0.05) is 4.88 Å². The van der Waals surface area contributed by atoms with Crippen molar-refractivity contribution < 1.29 is 9.53 Å². The van der Waals surface area contributed by atoms with Gasteiger partial charge in [0.25, 0.3) is 0 Å². The van der Waals surface area contributed by atoms with Crippen molar-refractivity contribution in [1.82, 2.24) is 4.98 Å². The first-order valence-corrected chi connectivity index (χ1v) is 6.58. The monoisotopic (exact) mass is 239 g/mol. The summed E-state index contributed by atoms with van der Waals surface area (Å²) in [5.41, 5.74) is 1.22. The summed E-state index contributed by atoms with van der Waals surface area (Å²) in [6.45, 7) is 2.24. The van der Waals surface area contributed by atoms with Crippen molar-refractivity contribution in [2.45, 2.75) is 39.0 Å². The molecule has 1 atom stereocenters. The molecule has 1 aromatic rings. The van der Waals surface area contributed by atoms with E-state index in [1.54, 1.807) is 11.3 Å². The zero-order valence-corrected chi connectivity index (χ0v) is 10.6. The smallest absolute Gasteiger partial charge is 0.312 e. The van der Waals surface area contributed by atoms with Gasteiger partial charge in [-0.1, -0.05) is 13.3 Å². The zero-order valence-electron chi connectivity index (χ0n) is 9.78. The Kier molecular flexibility index (Phi) is 3.59. The molecule has 0 N–H and O–H groups in total. The van der Waals surface area contributed by atoms with E-state index in [1.165, 1.54) is 30.5 Å². The van der Waals surface area contributed by atoms with E-state index in [2.05, 4.69) is 16.6 Å². The van der Waals surface area contributed by atoms with Crippen molar-refractivity contribution >= 4 is 17.3 Å². The van der Waals surface area contributed by atoms with Crippen LogP contribution >= 0.6 is 11.3 Å². The van der Waals surface area contributed by atoms with Crippen LogP contribution < -0.4 is 0 Å². The summed E-state index contributed by atoms with van der Waals surface area (Å²) in [6, 6.07) is 0. The van der Waals surface area contributed by atoms with Crippen LogP contribution in [0.15, 0.2) is 0 Å². The number of rotatable bonds is 3. The highest BCUT2D eigenvalue weighted by Gasteiger charge is 2.22. The Hall–Kier alpha value is -0.900. The van der Waals surface area contributed by atoms with E-state index < -0.39 is 0 Å². The number of ether oxygens (including phenoxy) is 1. The van der Waals surface area contributed by atoms with Gasteiger partial charge in [0.15, 0.2) is 0 Å². The van der Waals surface area contributed by atoms with E-state index in [0.29, 0.717) is 6.42 Å². The summed E-state index contributed by atoms with van der Waals surface area (Å²) >= 11 is 1.69. The number of esters is 1. The molecule has 0 spiro atoms. The maximum atomic E-state index is 11.2. The summed E-state index contributed by atoms with van der Waals surface area (Å²) in [5, 5.41) is 0.911. The molecule has 0 aliphatic heterocycles. The predicted octanol–water partition coefficient (Wildman–Crippen LogP) is 2.37. The first-order valence-electron chi connectivity index (χ1n) is 5.77. The minimum absolute atomic E-state index is 0.196. The highest BCUT2D eigenvalue weighted by molar-refractivity contribution is 7.11. The topological polar surface area (TPSA) is 39.2 Å². The van der Waals surface area contributed by atoms with Gasteiger partial charge in [-0.15, -0.1) is 11.3 Å². The molecule has 1 heterocycles. The lowest BCUT2D eigenvalue weighted by atomic mass is 9.89. The van der Waals surface area contributed by atoms with Gasteiger partial charge in [0.2, 0.25) is 0 Å². The summed E-state index contributed by atoms with van der Waals surface area (Å²) in [5.74, 6) is 0.608. The third-order valence-corrected chi connectivity index (χ3v) is 4.31. The first kappa shape index (κ1) is 11.6. The molecule has 1 unspecified atom stereocenters. The molecule has 1 aliphatic carbocycles. The third-order valence-electron chi connectivity index (χ3n) is 3.19. The molecule has 0 saturated heterocycles. The molecule has 88 valence electrons. The number of thiazole rings is 1. The number of carbonyl (C=O) groups is 1. The Balaban J connectivity index is 2.09. The van der Waals surface area contributed by atoms with Crippen LogP contribution in [0, 0.1) is 5.92 Å². The fourth-order valence-electron chi connectivity index (χ4n) is 2.12. The Morgan fingerprint density at radius 3 is 3.12 bits per heavy atom. The summed E-state index contributed by atoms with van der Waals surface area (Å²) in [4.78, 5) is 17.1. The van der Waals surface area contributed by atoms with Crippen LogP contribution in [0.5, 0.6) is 0 Å². The number of aromatic nitrogens is 1. The molecule has 1 aromatic heterocycles. The van der Waals surface area contributed by atoms with Gasteiger partial charge >= 0.3 is 5.97 Å². The van der Waals surface area contributed by atoms with Crippen molar-refractivity contribution in [3.63, 3.8) is 0 Å². The lowest BCUT2D eigenvalue weighted by molar-refractivity contribution is -0.139. The number of carbonyl (C=O) groups excluding carboxylic acids is 1. The van der Waals surface area contributed by atoms with Crippen LogP contribution in [0.3, 0.4) is 0 Å². The highest BCUT2D eigenvalue weighted by Crippen LogP contribution is 2.31. The fourth-order valence-corrected chi connectivity index (χ4v) is 3.33. The second kappa shape index (κ2) is 4.95. The van der Waals surface area contributed by atoms with Crippen LogP contribution in [0.1, 0.15) is 35.3 Å². The summed E-state index contributed by atoms with van der Waals surface area (Å²) in [7, 11) is 1.42. The van der Waals surface area contributed by atoms with Crippen LogP contribution in [-0.2, 0) is 28.8 Å². The second-order valence-electron chi connectivity index (χ2n) is 4.25. The van der Waals surface area contributed by atoms with Crippen LogP contribution in [0.2, 0.25) is 0 Å². The maximum absolute atomic E-state index is 11.2. The van der Waals surface area contributed by atoms with E-state index in [9.17, 15) is 4.79 Å². The molecule has 0 bridgehead atoms. The van der Waals surface area contributed by atoms with E-state index in [-0.39, 0.29) is 5.97 Å². The van der Waals surface area contributed by atoms with Crippen LogP contribution in [-0.4, -0.2) is 18.1 Å². The fraction of sp³-hybridized carbons (Fsp3) is 0.667. The van der Waals surface area contributed by atoms with E-state index in [0.717, 1.165) is 23.8 Å². The molecular formula is C12H17NO2S. The Morgan fingerprint density at radius 2 is 2.44 bits per heavy atom. The SMILES string of the molecule is CCC1CCc2nc(CC(=O)OC)sc2C1. The van der Waals surface area contributed by atoms with E-state index in [4.69, 9.17) is 0 Å². The highest BCUT2D eigenvalue weighted by atomic mass is 32.1. The van der Waals surface area contributed by atoms with Crippen molar-refractivity contribution in [2.24, 2.45) is 5.92 Å². The quantitative estimate of drug-likeness (QED) is 0.760. The van der Waals surface area contributed by atoms with Crippen molar-refractivity contribution in [3.05, 3.63) is 15.6 Å². The lowest BCUT2D eigenvalue weighted by Gasteiger charge is -2.18. The van der Waals surface area contributed by atoms with Crippen molar-refractivity contribution in [2.75, 3.05) is 7.11 Å². The second-order valence-corrected chi connectivity index (χ2v) is 5.42. The largest absolute Gasteiger partial charge is 0.469 e. The molecule has 0 radical (unpaired) electrons. The summed E-state index contributed by atoms with van der Waals surface area (Å²) < 4.78 is 4.66. The molecular weight excluding hydrogens is 222 g/mol. The Morgan fingerprint density at radius 1 is 1.62 bits per heavy atom. The van der Waals surface area contributed by atoms with Gasteiger partial charge in [-0.2, -0.15) is 0 Å². The van der Waals surface area contributed by atoms with Gasteiger partial charge in [-0.25, -0.2) is 4.98 Å². The van der Waals surface area contributed by atoms with Crippen LogP contribution in [0.25, 0.3) is 0 Å². The Bertz CT molecular complexity index is 386. The van der Waals surface area contributed by atoms with Gasteiger partial charge in [-0.05, 0) is 25.2 Å². The number of hydrogen-bond acceptors (Lipinski definition) is 4. The molecule has 2 rings (SSSR count). The zero-order chi connectivity index (χ0) is 11.5. The number of fused-ring (bicyclic) bond motifs is 1. The molecule has 0 fully saturated rings. The predicted molar refractivity (Wildman–Crippen MR) is 63.6 cm³/mol. The molecule has 0 saturated carbocycles. The molecule has 0 aromatic carbocycles. The van der Waals surface area contributed by atoms with Crippen molar-refractivity contribution in [1.29, 1.82) is 0 Å². The molecule has 3 nitrogen and oxygen atoms in total. The maximum Gasteiger partial charge on any atom is 0.312 e. The minimum atomic E-state index is -0.196. The molecule has 16 heavy (non-hydrogen) atoms. The number of hydrogen-bond donors (Lipinski definition) is 0. The molecule has 1 aliphatic rings. The lowest BCUT2D eigenvalue weighted by Crippen LogP contribution is -2.11. The van der Waals surface area contributed by atoms with Crippen molar-refractivity contribution in [3.8, 4) is 0 Å². The van der Waals surface area contributed by atoms with Crippen LogP contribution in [0.4, 0.5) is 0 Å². The normalized spacial score (nSPS) is 19.2. The average molecular weight is 239 g/mol. The third kappa shape index (κ3) is 2.43. The van der Waals surface area contributed by atoms with Gasteiger partial charge in [-0.3, -0.25) is 4.79 Å². The van der Waals surface area contributed by atoms with Gasteiger partial charge in [0.05, 0.1) is 19.2 Å². The summed E-state index contributed by atoms with van der Waals surface area (Å²) in [6.07, 6.45) is 5.02. The number of nitrogens with zero attached hydrogens (tertiary/aromatic N) is 1. The van der Waals surface area contributed by atoms with Gasteiger partial charge in [0.1, 0.15) is 5.01 Å².